The molecule has 0 amide bonds. The van der Waals surface area contributed by atoms with Crippen molar-refractivity contribution in [1.29, 1.82) is 0 Å². The maximum atomic E-state index is 13.0. The molecule has 0 spiro atoms. The van der Waals surface area contributed by atoms with Crippen LogP contribution in [0.1, 0.15) is 15.9 Å². The van der Waals surface area contributed by atoms with Crippen LogP contribution in [0.5, 0.6) is 0 Å². The average molecular weight is 482 g/mol. The van der Waals surface area contributed by atoms with Gasteiger partial charge in [-0.15, -0.1) is 0 Å². The van der Waals surface area contributed by atoms with Crippen molar-refractivity contribution in [1.82, 2.24) is 0 Å². The van der Waals surface area contributed by atoms with Crippen molar-refractivity contribution in [2.45, 2.75) is 6.18 Å². The fourth-order valence-electron chi connectivity index (χ4n) is 2.01. The molecule has 2 aromatic rings. The van der Waals surface area contributed by atoms with Crippen LogP contribution in [0.2, 0.25) is 5.02 Å². The van der Waals surface area contributed by atoms with Gasteiger partial charge in [-0.25, -0.2) is 0 Å². The second-order valence-corrected chi connectivity index (χ2v) is 9.59. The van der Waals surface area contributed by atoms with Crippen molar-refractivity contribution in [3.63, 3.8) is 0 Å². The number of hydrogen-bond acceptors (Lipinski definition) is 3. The molecule has 0 saturated carbocycles. The number of carbonyl (C=O) groups is 1. The van der Waals surface area contributed by atoms with Gasteiger partial charge in [0.15, 0.2) is 0 Å². The summed E-state index contributed by atoms with van der Waals surface area (Å²) in [4.78, 5) is 13.0. The van der Waals surface area contributed by atoms with E-state index >= 15 is 0 Å². The fraction of sp³-hybridized carbons (Fsp3) is 0.167. The topological polar surface area (TPSA) is 17.1 Å². The third-order valence-corrected chi connectivity index (χ3v) is 8.57. The fourth-order valence-corrected chi connectivity index (χ4v) is 6.52. The normalized spacial score (nSPS) is 11.3. The Kier molecular flexibility index (Phi) is 7.74. The van der Waals surface area contributed by atoms with Crippen molar-refractivity contribution in [2.24, 2.45) is 0 Å². The Morgan fingerprint density at radius 1 is 0.962 bits per heavy atom. The molecule has 0 atom stereocenters. The van der Waals surface area contributed by atoms with Crippen molar-refractivity contribution < 1.29 is 18.0 Å². The quantitative estimate of drug-likeness (QED) is 0.309. The molecule has 0 aliphatic heterocycles. The molecule has 1 nitrogen and oxygen atoms in total. The second-order valence-electron chi connectivity index (χ2n) is 4.99. The molecule has 0 aliphatic rings. The number of allylic oxidation sites excluding steroid dienone is 1. The van der Waals surface area contributed by atoms with Crippen molar-refractivity contribution >= 4 is 60.3 Å². The van der Waals surface area contributed by atoms with E-state index in [0.29, 0.717) is 19.5 Å². The molecule has 26 heavy (non-hydrogen) atoms. The van der Waals surface area contributed by atoms with Gasteiger partial charge in [0, 0.05) is 0 Å². The first-order chi connectivity index (χ1) is 12.3. The zero-order chi connectivity index (χ0) is 19.3. The summed E-state index contributed by atoms with van der Waals surface area (Å²) < 4.78 is 40.4. The number of hydrogen-bond donors (Lipinski definition) is 0. The molecule has 8 heteroatoms. The van der Waals surface area contributed by atoms with Crippen LogP contribution in [0.4, 0.5) is 13.2 Å². The van der Waals surface area contributed by atoms with Gasteiger partial charge < -0.3 is 0 Å². The second kappa shape index (κ2) is 9.38. The van der Waals surface area contributed by atoms with Gasteiger partial charge in [-0.05, 0) is 0 Å². The van der Waals surface area contributed by atoms with Crippen LogP contribution in [0.3, 0.4) is 0 Å². The molecule has 0 heterocycles. The Bertz CT molecular complexity index is 797. The summed E-state index contributed by atoms with van der Waals surface area (Å²) >= 11 is 8.38. The molecule has 2 rings (SSSR count). The zero-order valence-electron chi connectivity index (χ0n) is 13.8. The van der Waals surface area contributed by atoms with E-state index in [4.69, 9.17) is 11.6 Å². The van der Waals surface area contributed by atoms with Gasteiger partial charge in [-0.3, -0.25) is 0 Å². The first kappa shape index (κ1) is 21.4. The Balaban J connectivity index is 2.36. The molecule has 2 aromatic carbocycles. The third-order valence-electron chi connectivity index (χ3n) is 3.27. The number of thioether (sulfide) groups is 2. The van der Waals surface area contributed by atoms with Crippen LogP contribution in [0.15, 0.2) is 57.2 Å². The molecule has 0 fully saturated rings. The first-order valence-corrected chi connectivity index (χ1v) is 11.8. The molecular formula is C18H14ClF3OS2Se. The van der Waals surface area contributed by atoms with Gasteiger partial charge in [0.05, 0.1) is 0 Å². The number of rotatable bonds is 6. The van der Waals surface area contributed by atoms with E-state index < -0.39 is 26.7 Å². The summed E-state index contributed by atoms with van der Waals surface area (Å²) in [7, 11) is 0. The van der Waals surface area contributed by atoms with E-state index in [2.05, 4.69) is 0 Å². The van der Waals surface area contributed by atoms with Crippen molar-refractivity contribution in [3.8, 4) is 0 Å². The first-order valence-electron chi connectivity index (χ1n) is 7.24. The standard InChI is InChI=1S/C18H14ClF3OS2Se/c1-24-17(25-2)16(15(23)11-3-7-13(19)8-4-11)26-14-9-5-12(6-10-14)18(20,21)22/h3-10H,1-2H3. The van der Waals surface area contributed by atoms with E-state index in [-0.39, 0.29) is 5.78 Å². The van der Waals surface area contributed by atoms with Gasteiger partial charge in [-0.1, -0.05) is 0 Å². The average Bonchev–Trinajstić information content (AvgIpc) is 2.61. The molecule has 0 aliphatic carbocycles. The zero-order valence-corrected chi connectivity index (χ0v) is 17.9. The summed E-state index contributed by atoms with van der Waals surface area (Å²) in [6, 6.07) is 11.6. The van der Waals surface area contributed by atoms with Gasteiger partial charge in [0.1, 0.15) is 0 Å². The Morgan fingerprint density at radius 2 is 1.50 bits per heavy atom. The number of alkyl halides is 3. The summed E-state index contributed by atoms with van der Waals surface area (Å²) in [6.45, 7) is 0. The number of carbonyl (C=O) groups excluding carboxylic acids is 1. The molecular weight excluding hydrogens is 468 g/mol. The van der Waals surface area contributed by atoms with E-state index in [9.17, 15) is 18.0 Å². The SMILES string of the molecule is CSC(SC)=C([Se]c1ccc(C(F)(F)F)cc1)C(=O)c1ccc(Cl)cc1. The molecule has 0 bridgehead atoms. The number of benzene rings is 2. The third kappa shape index (κ3) is 5.57. The summed E-state index contributed by atoms with van der Waals surface area (Å²) in [6.07, 6.45) is -0.610. The molecule has 0 N–H and O–H groups in total. The van der Waals surface area contributed by atoms with Crippen LogP contribution >= 0.6 is 35.1 Å². The number of halogens is 4. The Labute approximate surface area is 169 Å². The Morgan fingerprint density at radius 3 is 1.96 bits per heavy atom. The van der Waals surface area contributed by atoms with E-state index in [1.807, 2.05) is 12.5 Å². The van der Waals surface area contributed by atoms with Gasteiger partial charge >= 0.3 is 170 Å². The molecule has 138 valence electrons. The van der Waals surface area contributed by atoms with Crippen LogP contribution < -0.4 is 4.46 Å². The van der Waals surface area contributed by atoms with E-state index in [0.717, 1.165) is 16.4 Å². The molecule has 0 unspecified atom stereocenters. The summed E-state index contributed by atoms with van der Waals surface area (Å²) in [5, 5.41) is 0.537. The number of Topliss-reactive ketones (excluding diaryl/α,β-unsaturated/α-hetero) is 1. The molecule has 0 radical (unpaired) electrons. The van der Waals surface area contributed by atoms with E-state index in [1.54, 1.807) is 24.3 Å². The summed E-state index contributed by atoms with van der Waals surface area (Å²) in [5.74, 6) is -0.125. The summed E-state index contributed by atoms with van der Waals surface area (Å²) in [5.41, 5.74) is -0.180. The van der Waals surface area contributed by atoms with Crippen LogP contribution in [-0.2, 0) is 6.18 Å². The van der Waals surface area contributed by atoms with E-state index in [1.165, 1.54) is 35.7 Å². The Hall–Kier alpha value is -0.851. The predicted molar refractivity (Wildman–Crippen MR) is 107 cm³/mol. The van der Waals surface area contributed by atoms with Crippen LogP contribution in [0, 0.1) is 0 Å². The van der Waals surface area contributed by atoms with Gasteiger partial charge in [-0.2, -0.15) is 0 Å². The van der Waals surface area contributed by atoms with Crippen LogP contribution in [0.25, 0.3) is 0 Å². The maximum absolute atomic E-state index is 13.0. The van der Waals surface area contributed by atoms with Gasteiger partial charge in [0.25, 0.3) is 0 Å². The molecule has 0 aromatic heterocycles. The minimum absolute atomic E-state index is 0.125. The van der Waals surface area contributed by atoms with Gasteiger partial charge in [0.2, 0.25) is 0 Å². The van der Waals surface area contributed by atoms with Crippen molar-refractivity contribution in [2.75, 3.05) is 12.5 Å². The van der Waals surface area contributed by atoms with Crippen molar-refractivity contribution in [3.05, 3.63) is 73.4 Å². The van der Waals surface area contributed by atoms with Crippen LogP contribution in [-0.4, -0.2) is 33.3 Å². The minimum atomic E-state index is -4.37. The molecule has 0 saturated heterocycles. The number of ketones is 1. The monoisotopic (exact) mass is 482 g/mol. The predicted octanol–water partition coefficient (Wildman–Crippen LogP) is 5.47.